The first-order valence-electron chi connectivity index (χ1n) is 7.10. The number of hydrogen-bond acceptors (Lipinski definition) is 3. The molecule has 0 unspecified atom stereocenters. The molecule has 1 aliphatic rings. The quantitative estimate of drug-likeness (QED) is 0.737. The average Bonchev–Trinajstić information content (AvgIpc) is 2.73. The summed E-state index contributed by atoms with van der Waals surface area (Å²) in [4.78, 5) is 4.94. The maximum atomic E-state index is 6.10. The van der Waals surface area contributed by atoms with Crippen molar-refractivity contribution in [1.29, 1.82) is 0 Å². The van der Waals surface area contributed by atoms with E-state index in [0.717, 1.165) is 25.6 Å². The summed E-state index contributed by atoms with van der Waals surface area (Å²) in [6, 6.07) is 0. The predicted molar refractivity (Wildman–Crippen MR) is 75.2 cm³/mol. The molecule has 0 saturated heterocycles. The number of nitrogens with two attached hydrogens (primary N) is 1. The van der Waals surface area contributed by atoms with E-state index in [9.17, 15) is 0 Å². The van der Waals surface area contributed by atoms with Gasteiger partial charge in [0.15, 0.2) is 0 Å². The molecule has 1 fully saturated rings. The van der Waals surface area contributed by atoms with E-state index in [2.05, 4.69) is 37.7 Å². The van der Waals surface area contributed by atoms with E-state index >= 15 is 0 Å². The molecule has 1 rings (SSSR count). The zero-order chi connectivity index (χ0) is 12.9. The van der Waals surface area contributed by atoms with Gasteiger partial charge in [0.05, 0.1) is 0 Å². The highest BCUT2D eigenvalue weighted by atomic mass is 15.2. The van der Waals surface area contributed by atoms with E-state index in [0.29, 0.717) is 5.54 Å². The van der Waals surface area contributed by atoms with Crippen LogP contribution in [-0.4, -0.2) is 55.6 Å². The Hall–Kier alpha value is -0.120. The highest BCUT2D eigenvalue weighted by molar-refractivity contribution is 4.96. The van der Waals surface area contributed by atoms with Crippen LogP contribution in [0.2, 0.25) is 0 Å². The summed E-state index contributed by atoms with van der Waals surface area (Å²) < 4.78 is 0. The van der Waals surface area contributed by atoms with Crippen LogP contribution in [0.3, 0.4) is 0 Å². The van der Waals surface area contributed by atoms with E-state index < -0.39 is 0 Å². The van der Waals surface area contributed by atoms with E-state index in [-0.39, 0.29) is 0 Å². The molecule has 0 aliphatic heterocycles. The lowest BCUT2D eigenvalue weighted by Gasteiger charge is -2.42. The van der Waals surface area contributed by atoms with Crippen molar-refractivity contribution in [3.63, 3.8) is 0 Å². The summed E-state index contributed by atoms with van der Waals surface area (Å²) >= 11 is 0. The molecule has 0 heterocycles. The van der Waals surface area contributed by atoms with Gasteiger partial charge in [-0.25, -0.2) is 0 Å². The fourth-order valence-corrected chi connectivity index (χ4v) is 2.97. The lowest BCUT2D eigenvalue weighted by atomic mass is 9.93. The molecule has 0 spiro atoms. The third-order valence-electron chi connectivity index (χ3n) is 3.99. The van der Waals surface area contributed by atoms with Gasteiger partial charge in [0.1, 0.15) is 0 Å². The third kappa shape index (κ3) is 4.23. The van der Waals surface area contributed by atoms with Gasteiger partial charge in [-0.05, 0) is 32.9 Å². The number of nitrogens with zero attached hydrogens (tertiary/aromatic N) is 2. The Morgan fingerprint density at radius 1 is 1.12 bits per heavy atom. The minimum Gasteiger partial charge on any atom is -0.329 e. The highest BCUT2D eigenvalue weighted by Gasteiger charge is 2.38. The molecule has 1 aliphatic carbocycles. The van der Waals surface area contributed by atoms with Gasteiger partial charge in [0.25, 0.3) is 0 Å². The van der Waals surface area contributed by atoms with Gasteiger partial charge in [0, 0.05) is 31.7 Å². The van der Waals surface area contributed by atoms with Crippen molar-refractivity contribution < 1.29 is 0 Å². The zero-order valence-electron chi connectivity index (χ0n) is 12.2. The Morgan fingerprint density at radius 2 is 1.71 bits per heavy atom. The maximum absolute atomic E-state index is 6.10. The van der Waals surface area contributed by atoms with Gasteiger partial charge in [-0.1, -0.05) is 26.7 Å². The first kappa shape index (κ1) is 14.9. The van der Waals surface area contributed by atoms with Crippen LogP contribution in [0, 0.1) is 5.92 Å². The van der Waals surface area contributed by atoms with Crippen molar-refractivity contribution in [1.82, 2.24) is 9.80 Å². The Kier molecular flexibility index (Phi) is 5.90. The number of likely N-dealkylation sites (N-methyl/N-ethyl adjacent to an activating group) is 1. The Morgan fingerprint density at radius 3 is 2.12 bits per heavy atom. The fraction of sp³-hybridized carbons (Fsp3) is 1.00. The highest BCUT2D eigenvalue weighted by Crippen LogP contribution is 2.34. The fourth-order valence-electron chi connectivity index (χ4n) is 2.97. The lowest BCUT2D eigenvalue weighted by Crippen LogP contribution is -2.54. The van der Waals surface area contributed by atoms with Gasteiger partial charge >= 0.3 is 0 Å². The largest absolute Gasteiger partial charge is 0.329 e. The third-order valence-corrected chi connectivity index (χ3v) is 3.99. The Bertz CT molecular complexity index is 208. The van der Waals surface area contributed by atoms with Crippen LogP contribution >= 0.6 is 0 Å². The van der Waals surface area contributed by atoms with Crippen LogP contribution in [0.1, 0.15) is 39.5 Å². The second-order valence-electron chi connectivity index (χ2n) is 6.28. The van der Waals surface area contributed by atoms with Gasteiger partial charge in [0.2, 0.25) is 0 Å². The molecule has 0 radical (unpaired) electrons. The summed E-state index contributed by atoms with van der Waals surface area (Å²) in [7, 11) is 4.30. The monoisotopic (exact) mass is 241 g/mol. The average molecular weight is 241 g/mol. The summed E-state index contributed by atoms with van der Waals surface area (Å²) in [5.74, 6) is 0.723. The van der Waals surface area contributed by atoms with Crippen LogP contribution in [0.25, 0.3) is 0 Å². The molecule has 0 aromatic carbocycles. The normalized spacial score (nSPS) is 19.8. The van der Waals surface area contributed by atoms with Crippen molar-refractivity contribution >= 4 is 0 Å². The van der Waals surface area contributed by atoms with E-state index in [1.807, 2.05) is 0 Å². The molecule has 0 bridgehead atoms. The molecule has 3 nitrogen and oxygen atoms in total. The van der Waals surface area contributed by atoms with Crippen LogP contribution in [0.15, 0.2) is 0 Å². The van der Waals surface area contributed by atoms with Crippen molar-refractivity contribution in [2.24, 2.45) is 11.7 Å². The molecular weight excluding hydrogens is 210 g/mol. The summed E-state index contributed by atoms with van der Waals surface area (Å²) in [6.45, 7) is 8.92. The Balaban J connectivity index is 2.65. The van der Waals surface area contributed by atoms with Crippen molar-refractivity contribution in [3.05, 3.63) is 0 Å². The first-order valence-corrected chi connectivity index (χ1v) is 7.10. The molecule has 1 saturated carbocycles. The maximum Gasteiger partial charge on any atom is 0.0332 e. The van der Waals surface area contributed by atoms with Crippen LogP contribution in [0.5, 0.6) is 0 Å². The molecule has 0 aromatic heterocycles. The van der Waals surface area contributed by atoms with Gasteiger partial charge in [-0.3, -0.25) is 4.90 Å². The predicted octanol–water partition coefficient (Wildman–Crippen LogP) is 1.78. The second kappa shape index (κ2) is 6.72. The molecule has 0 amide bonds. The van der Waals surface area contributed by atoms with Gasteiger partial charge in [-0.2, -0.15) is 0 Å². The summed E-state index contributed by atoms with van der Waals surface area (Å²) in [5, 5.41) is 0. The molecule has 0 atom stereocenters. The van der Waals surface area contributed by atoms with Crippen molar-refractivity contribution in [2.45, 2.75) is 45.1 Å². The smallest absolute Gasteiger partial charge is 0.0332 e. The zero-order valence-corrected chi connectivity index (χ0v) is 12.2. The van der Waals surface area contributed by atoms with Gasteiger partial charge < -0.3 is 10.6 Å². The van der Waals surface area contributed by atoms with Crippen molar-refractivity contribution in [2.75, 3.05) is 40.3 Å². The van der Waals surface area contributed by atoms with Crippen LogP contribution in [-0.2, 0) is 0 Å². The minimum atomic E-state index is 0.306. The standard InChI is InChI=1S/C14H31N3/c1-13(2)11-17(10-9-16(3)4)14(12-15)7-5-6-8-14/h13H,5-12,15H2,1-4H3. The van der Waals surface area contributed by atoms with Crippen LogP contribution < -0.4 is 5.73 Å². The molecule has 17 heavy (non-hydrogen) atoms. The van der Waals surface area contributed by atoms with Crippen LogP contribution in [0.4, 0.5) is 0 Å². The van der Waals surface area contributed by atoms with Crippen molar-refractivity contribution in [3.8, 4) is 0 Å². The second-order valence-corrected chi connectivity index (χ2v) is 6.28. The van der Waals surface area contributed by atoms with Gasteiger partial charge in [-0.15, -0.1) is 0 Å². The molecular formula is C14H31N3. The topological polar surface area (TPSA) is 32.5 Å². The van der Waals surface area contributed by atoms with E-state index in [4.69, 9.17) is 5.73 Å². The minimum absolute atomic E-state index is 0.306. The number of hydrogen-bond donors (Lipinski definition) is 1. The molecule has 3 heteroatoms. The first-order chi connectivity index (χ1) is 8.00. The summed E-state index contributed by atoms with van der Waals surface area (Å²) in [5.41, 5.74) is 6.40. The molecule has 102 valence electrons. The van der Waals surface area contributed by atoms with E-state index in [1.165, 1.54) is 32.2 Å². The summed E-state index contributed by atoms with van der Waals surface area (Å²) in [6.07, 6.45) is 5.30. The molecule has 2 N–H and O–H groups in total. The lowest BCUT2D eigenvalue weighted by molar-refractivity contribution is 0.0776. The molecule has 0 aromatic rings. The number of rotatable bonds is 7. The van der Waals surface area contributed by atoms with E-state index in [1.54, 1.807) is 0 Å². The SMILES string of the molecule is CC(C)CN(CCN(C)C)C1(CN)CCCC1. The Labute approximate surface area is 107 Å².